The summed E-state index contributed by atoms with van der Waals surface area (Å²) in [6, 6.07) is 6.02. The van der Waals surface area contributed by atoms with Crippen LogP contribution in [-0.2, 0) is 23.0 Å². The number of nitrogens with zero attached hydrogens (tertiary/aromatic N) is 8. The molecular weight excluding hydrogens is 577 g/mol. The summed E-state index contributed by atoms with van der Waals surface area (Å²) in [5.41, 5.74) is 2.16. The summed E-state index contributed by atoms with van der Waals surface area (Å²) < 4.78 is 53.2. The molecule has 4 aromatic rings. The van der Waals surface area contributed by atoms with Crippen molar-refractivity contribution in [3.8, 4) is 23.2 Å². The van der Waals surface area contributed by atoms with Gasteiger partial charge < -0.3 is 19.8 Å². The van der Waals surface area contributed by atoms with E-state index in [0.717, 1.165) is 35.1 Å². The van der Waals surface area contributed by atoms with E-state index >= 15 is 0 Å². The molecule has 0 radical (unpaired) electrons. The highest BCUT2D eigenvalue weighted by molar-refractivity contribution is 5.90. The average Bonchev–Trinajstić information content (AvgIpc) is 3.68. The second-order valence-corrected chi connectivity index (χ2v) is 11.3. The van der Waals surface area contributed by atoms with Crippen LogP contribution in [0.4, 0.5) is 13.2 Å². The summed E-state index contributed by atoms with van der Waals surface area (Å²) in [4.78, 5) is 21.5. The minimum atomic E-state index is -4.68. The Morgan fingerprint density at radius 3 is 2.75 bits per heavy atom. The van der Waals surface area contributed by atoms with Gasteiger partial charge in [0.15, 0.2) is 0 Å². The number of aromatic amines is 1. The lowest BCUT2D eigenvalue weighted by molar-refractivity contribution is -0.145. The molecule has 12 nitrogen and oxygen atoms in total. The van der Waals surface area contributed by atoms with Crippen LogP contribution in [0.2, 0.25) is 0 Å². The fourth-order valence-electron chi connectivity index (χ4n) is 6.10. The van der Waals surface area contributed by atoms with E-state index in [2.05, 4.69) is 46.3 Å². The molecule has 232 valence electrons. The van der Waals surface area contributed by atoms with Gasteiger partial charge in [-0.2, -0.15) is 28.5 Å². The molecule has 2 aliphatic rings. The molecule has 0 atom stereocenters. The van der Waals surface area contributed by atoms with Gasteiger partial charge in [-0.15, -0.1) is 0 Å². The first-order chi connectivity index (χ1) is 21.3. The highest BCUT2D eigenvalue weighted by Crippen LogP contribution is 2.39. The maximum absolute atomic E-state index is 13.5. The number of H-pyrrole nitrogens is 1. The van der Waals surface area contributed by atoms with Crippen LogP contribution in [0.5, 0.6) is 5.88 Å². The molecule has 44 heavy (non-hydrogen) atoms. The predicted octanol–water partition coefficient (Wildman–Crippen LogP) is 3.68. The summed E-state index contributed by atoms with van der Waals surface area (Å²) in [6.45, 7) is 2.42. The van der Waals surface area contributed by atoms with E-state index in [0.29, 0.717) is 45.5 Å². The second-order valence-electron chi connectivity index (χ2n) is 11.3. The Morgan fingerprint density at radius 2 is 2.00 bits per heavy atom. The van der Waals surface area contributed by atoms with Crippen LogP contribution < -0.4 is 10.1 Å². The number of methoxy groups -OCH3 is 1. The lowest BCUT2D eigenvalue weighted by atomic mass is 9.82. The van der Waals surface area contributed by atoms with E-state index in [-0.39, 0.29) is 30.3 Å². The van der Waals surface area contributed by atoms with E-state index in [4.69, 9.17) is 9.47 Å². The van der Waals surface area contributed by atoms with Gasteiger partial charge in [0.25, 0.3) is 0 Å². The molecule has 0 unspecified atom stereocenters. The van der Waals surface area contributed by atoms with Gasteiger partial charge in [0.1, 0.15) is 23.6 Å². The van der Waals surface area contributed by atoms with Gasteiger partial charge in [0, 0.05) is 68.7 Å². The molecule has 0 spiro atoms. The lowest BCUT2D eigenvalue weighted by Gasteiger charge is -2.53. The summed E-state index contributed by atoms with van der Waals surface area (Å²) in [5, 5.41) is 18.2. The summed E-state index contributed by atoms with van der Waals surface area (Å²) in [6.07, 6.45) is 5.49. The topological polar surface area (TPSA) is 143 Å². The number of aromatic nitrogens is 7. The second kappa shape index (κ2) is 12.5. The monoisotopic (exact) mass is 610 g/mol. The van der Waals surface area contributed by atoms with Crippen molar-refractivity contribution in [3.05, 3.63) is 48.6 Å². The quantitative estimate of drug-likeness (QED) is 0.242. The first kappa shape index (κ1) is 29.9. The van der Waals surface area contributed by atoms with Crippen LogP contribution in [0.25, 0.3) is 22.3 Å². The maximum atomic E-state index is 13.5. The summed E-state index contributed by atoms with van der Waals surface area (Å²) in [5.74, 6) is -1.27. The number of fused-ring (bicyclic) bond motifs is 1. The highest BCUT2D eigenvalue weighted by Gasteiger charge is 2.48. The zero-order valence-electron chi connectivity index (χ0n) is 24.2. The molecule has 0 bridgehead atoms. The van der Waals surface area contributed by atoms with Crippen molar-refractivity contribution in [1.29, 1.82) is 5.26 Å². The molecule has 1 saturated carbocycles. The van der Waals surface area contributed by atoms with Crippen molar-refractivity contribution in [1.82, 2.24) is 44.9 Å². The fourth-order valence-corrected chi connectivity index (χ4v) is 6.10. The zero-order chi connectivity index (χ0) is 30.7. The van der Waals surface area contributed by atoms with E-state index in [1.807, 2.05) is 23.1 Å². The van der Waals surface area contributed by atoms with Crippen molar-refractivity contribution < 1.29 is 22.6 Å². The maximum Gasteiger partial charge on any atom is 0.451 e. The Labute approximate surface area is 251 Å². The third kappa shape index (κ3) is 6.23. The van der Waals surface area contributed by atoms with Crippen LogP contribution in [0, 0.1) is 11.3 Å². The number of nitriles is 1. The van der Waals surface area contributed by atoms with Gasteiger partial charge in [-0.25, -0.2) is 15.0 Å². The Balaban J connectivity index is 1.07. The Morgan fingerprint density at radius 1 is 1.18 bits per heavy atom. The third-order valence-electron chi connectivity index (χ3n) is 8.34. The van der Waals surface area contributed by atoms with Gasteiger partial charge in [-0.1, -0.05) is 0 Å². The van der Waals surface area contributed by atoms with Crippen molar-refractivity contribution in [3.63, 3.8) is 0 Å². The third-order valence-corrected chi connectivity index (χ3v) is 8.34. The van der Waals surface area contributed by atoms with E-state index in [9.17, 15) is 18.4 Å². The van der Waals surface area contributed by atoms with Crippen LogP contribution in [0.1, 0.15) is 43.6 Å². The minimum Gasteiger partial charge on any atom is -0.474 e. The number of nitrogens with one attached hydrogen (secondary N) is 2. The number of rotatable bonds is 11. The lowest BCUT2D eigenvalue weighted by Crippen LogP contribution is -2.65. The van der Waals surface area contributed by atoms with Crippen molar-refractivity contribution in [2.75, 3.05) is 33.4 Å². The Kier molecular flexibility index (Phi) is 8.48. The van der Waals surface area contributed by atoms with Gasteiger partial charge in [-0.05, 0) is 31.7 Å². The van der Waals surface area contributed by atoms with Crippen LogP contribution in [0.3, 0.4) is 0 Å². The predicted molar refractivity (Wildman–Crippen MR) is 152 cm³/mol. The van der Waals surface area contributed by atoms with Crippen LogP contribution in [-0.4, -0.2) is 85.1 Å². The van der Waals surface area contributed by atoms with Crippen LogP contribution >= 0.6 is 0 Å². The molecule has 15 heteroatoms. The van der Waals surface area contributed by atoms with Crippen molar-refractivity contribution >= 4 is 11.0 Å². The highest BCUT2D eigenvalue weighted by atomic mass is 19.4. The molecule has 1 aliphatic heterocycles. The van der Waals surface area contributed by atoms with Gasteiger partial charge in [0.2, 0.25) is 11.7 Å². The number of ether oxygens (including phenoxy) is 2. The number of likely N-dealkylation sites (tertiary alicyclic amines) is 1. The summed E-state index contributed by atoms with van der Waals surface area (Å²) >= 11 is 0. The Hall–Kier alpha value is -4.13. The average molecular weight is 611 g/mol. The number of halogens is 3. The Bertz CT molecular complexity index is 1620. The van der Waals surface area contributed by atoms with Crippen molar-refractivity contribution in [2.24, 2.45) is 0 Å². The van der Waals surface area contributed by atoms with E-state index < -0.39 is 17.5 Å². The number of alkyl halides is 3. The van der Waals surface area contributed by atoms with E-state index in [1.54, 1.807) is 13.3 Å². The van der Waals surface area contributed by atoms with Gasteiger partial charge in [0.05, 0.1) is 36.7 Å². The first-order valence-electron chi connectivity index (χ1n) is 14.5. The number of hydrogen-bond donors (Lipinski definition) is 2. The molecule has 6 rings (SSSR count). The molecule has 2 fully saturated rings. The molecule has 2 N–H and O–H groups in total. The standard InChI is InChI=1S/C29H33F3N10O2/c1-43-11-10-34-14-20-12-24(40-27(39-20)29(30,31)32)44-22-4-2-21(3-5-22)41-16-28(17-41,7-8-33)42-15-19(13-38-42)25-23-6-9-35-26(23)37-18-36-25/h6,9,12-13,15,18,21-22,34H,2-5,7,10-11,14,16-17H2,1H3,(H,35,36,37). The fraction of sp³-hybridized carbons (Fsp3) is 0.517. The van der Waals surface area contributed by atoms with Gasteiger partial charge in [-0.3, -0.25) is 9.58 Å². The first-order valence-corrected chi connectivity index (χ1v) is 14.5. The zero-order valence-corrected chi connectivity index (χ0v) is 24.2. The molecular formula is C29H33F3N10O2. The number of hydrogen-bond acceptors (Lipinski definition) is 10. The molecule has 0 aromatic carbocycles. The molecule has 1 saturated heterocycles. The largest absolute Gasteiger partial charge is 0.474 e. The van der Waals surface area contributed by atoms with Crippen molar-refractivity contribution in [2.45, 2.75) is 62.5 Å². The van der Waals surface area contributed by atoms with Gasteiger partial charge >= 0.3 is 6.18 Å². The smallest absolute Gasteiger partial charge is 0.451 e. The molecule has 1 aliphatic carbocycles. The summed E-state index contributed by atoms with van der Waals surface area (Å²) in [7, 11) is 1.55. The molecule has 5 heterocycles. The normalized spacial score (nSPS) is 20.3. The van der Waals surface area contributed by atoms with E-state index in [1.165, 1.54) is 12.4 Å². The van der Waals surface area contributed by atoms with Crippen LogP contribution in [0.15, 0.2) is 37.1 Å². The minimum absolute atomic E-state index is 0.0635. The SMILES string of the molecule is COCCNCc1cc(OC2CCC(N3CC(CC#N)(n4cc(-c5ncnc6[nH]ccc56)cn4)C3)CC2)nc(C(F)(F)F)n1. The molecule has 4 aromatic heterocycles. The molecule has 0 amide bonds.